The third-order valence-electron chi connectivity index (χ3n) is 6.50. The standard InChI is InChI=1S/C23H34N4O6S/c28-21(9-8-17-10-12-24-13-11-17)27-14-4-5-18(16-27)22(29)25-15-20(23(30)31)26-34(32,33)19-6-2-1-3-7-19/h1-3,6-7,17-18,20,24,26H,4-5,8-16H2,(H,25,29)(H,30,31). The van der Waals surface area contributed by atoms with Gasteiger partial charge >= 0.3 is 5.97 Å². The Morgan fingerprint density at radius 3 is 2.50 bits per heavy atom. The predicted octanol–water partition coefficient (Wildman–Crippen LogP) is 0.553. The Kier molecular flexibility index (Phi) is 9.43. The van der Waals surface area contributed by atoms with E-state index < -0.39 is 28.0 Å². The highest BCUT2D eigenvalue weighted by Gasteiger charge is 2.31. The fourth-order valence-electron chi connectivity index (χ4n) is 4.46. The summed E-state index contributed by atoms with van der Waals surface area (Å²) in [5.74, 6) is -1.60. The molecule has 34 heavy (non-hydrogen) atoms. The number of sulfonamides is 1. The van der Waals surface area contributed by atoms with Crippen LogP contribution >= 0.6 is 0 Å². The average molecular weight is 495 g/mol. The molecular formula is C23H34N4O6S. The van der Waals surface area contributed by atoms with Crippen molar-refractivity contribution in [3.8, 4) is 0 Å². The van der Waals surface area contributed by atoms with E-state index in [-0.39, 0.29) is 23.3 Å². The maximum Gasteiger partial charge on any atom is 0.323 e. The van der Waals surface area contributed by atoms with Crippen LogP contribution in [-0.4, -0.2) is 75.0 Å². The number of hydrogen-bond acceptors (Lipinski definition) is 6. The van der Waals surface area contributed by atoms with Gasteiger partial charge in [-0.2, -0.15) is 4.72 Å². The minimum Gasteiger partial charge on any atom is -0.480 e. The second kappa shape index (κ2) is 12.3. The monoisotopic (exact) mass is 494 g/mol. The number of rotatable bonds is 10. The third kappa shape index (κ3) is 7.51. The highest BCUT2D eigenvalue weighted by molar-refractivity contribution is 7.89. The predicted molar refractivity (Wildman–Crippen MR) is 125 cm³/mol. The Morgan fingerprint density at radius 2 is 1.82 bits per heavy atom. The molecule has 10 nitrogen and oxygen atoms in total. The van der Waals surface area contributed by atoms with Crippen molar-refractivity contribution in [3.63, 3.8) is 0 Å². The quantitative estimate of drug-likeness (QED) is 0.372. The largest absolute Gasteiger partial charge is 0.480 e. The number of amides is 2. The number of carboxylic acids is 1. The number of likely N-dealkylation sites (tertiary alicyclic amines) is 1. The van der Waals surface area contributed by atoms with Crippen molar-refractivity contribution in [2.45, 2.75) is 49.5 Å². The smallest absolute Gasteiger partial charge is 0.323 e. The molecule has 2 atom stereocenters. The Bertz CT molecular complexity index is 949. The first kappa shape index (κ1) is 26.1. The summed E-state index contributed by atoms with van der Waals surface area (Å²) < 4.78 is 27.0. The molecule has 0 radical (unpaired) electrons. The van der Waals surface area contributed by atoms with Crippen LogP contribution < -0.4 is 15.4 Å². The second-order valence-electron chi connectivity index (χ2n) is 8.98. The first-order valence-electron chi connectivity index (χ1n) is 11.8. The van der Waals surface area contributed by atoms with Gasteiger partial charge in [0.2, 0.25) is 21.8 Å². The molecule has 0 bridgehead atoms. The van der Waals surface area contributed by atoms with Crippen molar-refractivity contribution in [3.05, 3.63) is 30.3 Å². The molecule has 2 fully saturated rings. The van der Waals surface area contributed by atoms with E-state index in [1.807, 2.05) is 0 Å². The van der Waals surface area contributed by atoms with E-state index in [4.69, 9.17) is 0 Å². The maximum absolute atomic E-state index is 12.7. The summed E-state index contributed by atoms with van der Waals surface area (Å²) in [7, 11) is -4.05. The number of nitrogens with one attached hydrogen (secondary N) is 3. The third-order valence-corrected chi connectivity index (χ3v) is 7.99. The number of aliphatic carboxylic acids is 1. The topological polar surface area (TPSA) is 145 Å². The van der Waals surface area contributed by atoms with E-state index in [1.54, 1.807) is 11.0 Å². The van der Waals surface area contributed by atoms with E-state index in [9.17, 15) is 27.9 Å². The van der Waals surface area contributed by atoms with Gasteiger partial charge in [-0.05, 0) is 63.2 Å². The number of piperidine rings is 2. The van der Waals surface area contributed by atoms with Gasteiger partial charge in [-0.15, -0.1) is 0 Å². The number of hydrogen-bond donors (Lipinski definition) is 4. The zero-order chi connectivity index (χ0) is 24.6. The number of carbonyl (C=O) groups is 3. The van der Waals surface area contributed by atoms with Crippen molar-refractivity contribution in [2.75, 3.05) is 32.7 Å². The fourth-order valence-corrected chi connectivity index (χ4v) is 5.67. The molecule has 2 heterocycles. The van der Waals surface area contributed by atoms with Gasteiger partial charge in [0.15, 0.2) is 0 Å². The van der Waals surface area contributed by atoms with Gasteiger partial charge in [-0.1, -0.05) is 18.2 Å². The first-order chi connectivity index (χ1) is 16.3. The second-order valence-corrected chi connectivity index (χ2v) is 10.7. The number of carboxylic acid groups (broad SMARTS) is 1. The van der Waals surface area contributed by atoms with Gasteiger partial charge in [-0.25, -0.2) is 8.42 Å². The highest BCUT2D eigenvalue weighted by atomic mass is 32.2. The molecule has 11 heteroatoms. The maximum atomic E-state index is 12.7. The molecule has 0 spiro atoms. The van der Waals surface area contributed by atoms with Gasteiger partial charge in [0.25, 0.3) is 0 Å². The van der Waals surface area contributed by atoms with E-state index in [1.165, 1.54) is 24.3 Å². The van der Waals surface area contributed by atoms with Gasteiger partial charge < -0.3 is 20.6 Å². The molecule has 1 aromatic rings. The minimum atomic E-state index is -4.05. The molecule has 0 aromatic heterocycles. The van der Waals surface area contributed by atoms with Crippen LogP contribution in [0.15, 0.2) is 35.2 Å². The summed E-state index contributed by atoms with van der Waals surface area (Å²) in [4.78, 5) is 38.7. The normalized spacial score (nSPS) is 20.5. The van der Waals surface area contributed by atoms with Crippen LogP contribution in [0.4, 0.5) is 0 Å². The molecule has 4 N–H and O–H groups in total. The molecule has 1 aromatic carbocycles. The van der Waals surface area contributed by atoms with Crippen molar-refractivity contribution < 1.29 is 27.9 Å². The Labute approximate surface area is 200 Å². The zero-order valence-electron chi connectivity index (χ0n) is 19.2. The lowest BCUT2D eigenvalue weighted by atomic mass is 9.92. The van der Waals surface area contributed by atoms with Crippen LogP contribution in [0, 0.1) is 11.8 Å². The summed E-state index contributed by atoms with van der Waals surface area (Å²) in [5.41, 5.74) is 0. The summed E-state index contributed by atoms with van der Waals surface area (Å²) in [6.45, 7) is 2.50. The molecule has 2 amide bonds. The number of nitrogens with zero attached hydrogens (tertiary/aromatic N) is 1. The van der Waals surface area contributed by atoms with Gasteiger partial charge in [0.05, 0.1) is 10.8 Å². The first-order valence-corrected chi connectivity index (χ1v) is 13.3. The van der Waals surface area contributed by atoms with E-state index in [0.29, 0.717) is 38.3 Å². The van der Waals surface area contributed by atoms with Crippen molar-refractivity contribution in [2.24, 2.45) is 11.8 Å². The highest BCUT2D eigenvalue weighted by Crippen LogP contribution is 2.21. The Balaban J connectivity index is 1.49. The fraction of sp³-hybridized carbons (Fsp3) is 0.609. The van der Waals surface area contributed by atoms with Crippen LogP contribution in [0.2, 0.25) is 0 Å². The number of benzene rings is 1. The van der Waals surface area contributed by atoms with Crippen LogP contribution in [-0.2, 0) is 24.4 Å². The van der Waals surface area contributed by atoms with E-state index in [2.05, 4.69) is 15.4 Å². The van der Waals surface area contributed by atoms with Crippen LogP contribution in [0.5, 0.6) is 0 Å². The summed E-state index contributed by atoms with van der Waals surface area (Å²) in [6, 6.07) is 5.93. The van der Waals surface area contributed by atoms with Gasteiger partial charge in [-0.3, -0.25) is 14.4 Å². The lowest BCUT2D eigenvalue weighted by Crippen LogP contribution is -2.51. The minimum absolute atomic E-state index is 0.0510. The van der Waals surface area contributed by atoms with Gasteiger partial charge in [0.1, 0.15) is 6.04 Å². The molecule has 2 unspecified atom stereocenters. The lowest BCUT2D eigenvalue weighted by Gasteiger charge is -2.33. The summed E-state index contributed by atoms with van der Waals surface area (Å²) >= 11 is 0. The Hall–Kier alpha value is -2.50. The van der Waals surface area contributed by atoms with Crippen LogP contribution in [0.25, 0.3) is 0 Å². The molecule has 3 rings (SSSR count). The molecular weight excluding hydrogens is 460 g/mol. The molecule has 2 aliphatic heterocycles. The van der Waals surface area contributed by atoms with E-state index in [0.717, 1.165) is 32.4 Å². The summed E-state index contributed by atoms with van der Waals surface area (Å²) in [6.07, 6.45) is 4.78. The van der Waals surface area contributed by atoms with Crippen LogP contribution in [0.1, 0.15) is 38.5 Å². The average Bonchev–Trinajstić information content (AvgIpc) is 2.86. The molecule has 2 saturated heterocycles. The number of carbonyl (C=O) groups excluding carboxylic acids is 2. The van der Waals surface area contributed by atoms with Crippen molar-refractivity contribution >= 4 is 27.8 Å². The SMILES string of the molecule is O=C(NCC(NS(=O)(=O)c1ccccc1)C(=O)O)C1CCCN(C(=O)CCC2CCNCC2)C1. The van der Waals surface area contributed by atoms with Crippen LogP contribution in [0.3, 0.4) is 0 Å². The molecule has 188 valence electrons. The van der Waals surface area contributed by atoms with Crippen molar-refractivity contribution in [1.82, 2.24) is 20.3 Å². The zero-order valence-corrected chi connectivity index (χ0v) is 20.1. The Morgan fingerprint density at radius 1 is 1.12 bits per heavy atom. The molecule has 0 aliphatic carbocycles. The van der Waals surface area contributed by atoms with Gasteiger partial charge in [0, 0.05) is 26.1 Å². The van der Waals surface area contributed by atoms with E-state index >= 15 is 0 Å². The molecule has 2 aliphatic rings. The molecule has 0 saturated carbocycles. The lowest BCUT2D eigenvalue weighted by molar-refractivity contribution is -0.139. The van der Waals surface area contributed by atoms with Crippen molar-refractivity contribution in [1.29, 1.82) is 0 Å². The summed E-state index contributed by atoms with van der Waals surface area (Å²) in [5, 5.41) is 15.3.